The van der Waals surface area contributed by atoms with Crippen LogP contribution in [0.3, 0.4) is 0 Å². The number of esters is 1. The Labute approximate surface area is 127 Å². The number of primary amides is 1. The molecule has 3 amide bonds. The van der Waals surface area contributed by atoms with Crippen molar-refractivity contribution < 1.29 is 28.6 Å². The Morgan fingerprint density at radius 1 is 1.18 bits per heavy atom. The number of benzene rings is 1. The third-order valence-electron chi connectivity index (χ3n) is 2.72. The lowest BCUT2D eigenvalue weighted by Gasteiger charge is -2.13. The van der Waals surface area contributed by atoms with Gasteiger partial charge in [0.05, 0.1) is 20.6 Å². The average molecular weight is 310 g/mol. The monoisotopic (exact) mass is 310 g/mol. The van der Waals surface area contributed by atoms with E-state index in [2.05, 4.69) is 0 Å². The van der Waals surface area contributed by atoms with Gasteiger partial charge >= 0.3 is 12.0 Å². The molecule has 1 aromatic rings. The molecular weight excluding hydrogens is 292 g/mol. The highest BCUT2D eigenvalue weighted by Crippen LogP contribution is 2.27. The molecule has 0 spiro atoms. The van der Waals surface area contributed by atoms with Crippen LogP contribution >= 0.6 is 0 Å². The van der Waals surface area contributed by atoms with E-state index in [0.29, 0.717) is 17.1 Å². The van der Waals surface area contributed by atoms with Crippen LogP contribution in [0.15, 0.2) is 18.2 Å². The van der Waals surface area contributed by atoms with Crippen molar-refractivity contribution in [2.75, 3.05) is 14.2 Å². The summed E-state index contributed by atoms with van der Waals surface area (Å²) in [6.07, 6.45) is -1.19. The topological polar surface area (TPSA) is 117 Å². The normalized spacial score (nSPS) is 11.2. The first-order valence-electron chi connectivity index (χ1n) is 6.38. The smallest absolute Gasteiger partial charge is 0.318 e. The number of imide groups is 1. The van der Waals surface area contributed by atoms with Gasteiger partial charge < -0.3 is 19.9 Å². The van der Waals surface area contributed by atoms with E-state index in [1.54, 1.807) is 18.2 Å². The number of methoxy groups -OCH3 is 2. The van der Waals surface area contributed by atoms with Crippen molar-refractivity contribution in [3.05, 3.63) is 23.8 Å². The lowest BCUT2D eigenvalue weighted by atomic mass is 10.1. The molecule has 0 aliphatic heterocycles. The van der Waals surface area contributed by atoms with Crippen molar-refractivity contribution >= 4 is 17.9 Å². The van der Waals surface area contributed by atoms with Gasteiger partial charge in [0.2, 0.25) is 0 Å². The number of amides is 3. The number of urea groups is 1. The van der Waals surface area contributed by atoms with E-state index < -0.39 is 24.0 Å². The van der Waals surface area contributed by atoms with Crippen molar-refractivity contribution in [3.63, 3.8) is 0 Å². The number of hydrogen-bond donors (Lipinski definition) is 2. The second-order valence-electron chi connectivity index (χ2n) is 4.35. The molecule has 0 bridgehead atoms. The molecule has 22 heavy (non-hydrogen) atoms. The van der Waals surface area contributed by atoms with Gasteiger partial charge in [-0.3, -0.25) is 14.9 Å². The minimum absolute atomic E-state index is 0.0610. The fourth-order valence-electron chi connectivity index (χ4n) is 1.67. The highest BCUT2D eigenvalue weighted by atomic mass is 16.5. The Balaban J connectivity index is 2.65. The molecule has 120 valence electrons. The maximum Gasteiger partial charge on any atom is 0.318 e. The van der Waals surface area contributed by atoms with Gasteiger partial charge in [0.1, 0.15) is 0 Å². The number of rotatable bonds is 6. The molecule has 0 radical (unpaired) electrons. The molecule has 0 aliphatic rings. The van der Waals surface area contributed by atoms with Crippen molar-refractivity contribution in [2.24, 2.45) is 5.73 Å². The molecule has 0 saturated carbocycles. The van der Waals surface area contributed by atoms with Crippen LogP contribution in [-0.2, 0) is 20.7 Å². The zero-order valence-electron chi connectivity index (χ0n) is 12.5. The summed E-state index contributed by atoms with van der Waals surface area (Å²) in [6, 6.07) is 3.96. The fourth-order valence-corrected chi connectivity index (χ4v) is 1.67. The molecule has 0 aliphatic carbocycles. The molecule has 0 saturated heterocycles. The van der Waals surface area contributed by atoms with E-state index in [9.17, 15) is 14.4 Å². The molecule has 1 atom stereocenters. The van der Waals surface area contributed by atoms with E-state index in [-0.39, 0.29) is 6.42 Å². The summed E-state index contributed by atoms with van der Waals surface area (Å²) in [5, 5.41) is 1.83. The molecule has 0 heterocycles. The molecule has 1 aromatic carbocycles. The first-order chi connectivity index (χ1) is 10.4. The number of nitrogens with two attached hydrogens (primary N) is 1. The number of carbonyl (C=O) groups is 3. The number of ether oxygens (including phenoxy) is 3. The quantitative estimate of drug-likeness (QED) is 0.733. The highest BCUT2D eigenvalue weighted by Gasteiger charge is 2.19. The van der Waals surface area contributed by atoms with Gasteiger partial charge in [0.25, 0.3) is 5.91 Å². The van der Waals surface area contributed by atoms with E-state index in [4.69, 9.17) is 19.9 Å². The van der Waals surface area contributed by atoms with Crippen LogP contribution in [0.25, 0.3) is 0 Å². The second kappa shape index (κ2) is 7.87. The summed E-state index contributed by atoms with van der Waals surface area (Å²) in [4.78, 5) is 33.7. The van der Waals surface area contributed by atoms with Gasteiger partial charge in [0.15, 0.2) is 17.6 Å². The maximum absolute atomic E-state index is 11.8. The second-order valence-corrected chi connectivity index (χ2v) is 4.35. The third-order valence-corrected chi connectivity index (χ3v) is 2.72. The minimum Gasteiger partial charge on any atom is -0.493 e. The molecule has 8 nitrogen and oxygen atoms in total. The van der Waals surface area contributed by atoms with Crippen LogP contribution in [0, 0.1) is 0 Å². The summed E-state index contributed by atoms with van der Waals surface area (Å²) in [5.41, 5.74) is 5.44. The van der Waals surface area contributed by atoms with E-state index in [1.807, 2.05) is 5.32 Å². The molecule has 1 rings (SSSR count). The average Bonchev–Trinajstić information content (AvgIpc) is 2.46. The van der Waals surface area contributed by atoms with Gasteiger partial charge in [-0.15, -0.1) is 0 Å². The van der Waals surface area contributed by atoms with Crippen molar-refractivity contribution in [3.8, 4) is 11.5 Å². The van der Waals surface area contributed by atoms with E-state index >= 15 is 0 Å². The lowest BCUT2D eigenvalue weighted by Crippen LogP contribution is -2.42. The minimum atomic E-state index is -1.12. The number of carbonyl (C=O) groups excluding carboxylic acids is 3. The molecule has 3 N–H and O–H groups in total. The van der Waals surface area contributed by atoms with Gasteiger partial charge in [-0.2, -0.15) is 0 Å². The van der Waals surface area contributed by atoms with Gasteiger partial charge in [-0.1, -0.05) is 6.07 Å². The van der Waals surface area contributed by atoms with Gasteiger partial charge in [0, 0.05) is 0 Å². The first-order valence-corrected chi connectivity index (χ1v) is 6.38. The number of hydrogen-bond acceptors (Lipinski definition) is 6. The summed E-state index contributed by atoms with van der Waals surface area (Å²) in [5.74, 6) is -0.395. The Morgan fingerprint density at radius 2 is 1.82 bits per heavy atom. The van der Waals surface area contributed by atoms with Crippen molar-refractivity contribution in [1.82, 2.24) is 5.32 Å². The summed E-state index contributed by atoms with van der Waals surface area (Å²) in [7, 11) is 2.99. The SMILES string of the molecule is COc1ccc(CC(=O)O[C@@H](C)C(=O)NC(N)=O)cc1OC. The lowest BCUT2D eigenvalue weighted by molar-refractivity contribution is -0.153. The fraction of sp³-hybridized carbons (Fsp3) is 0.357. The van der Waals surface area contributed by atoms with Crippen LogP contribution in [0.2, 0.25) is 0 Å². The van der Waals surface area contributed by atoms with Crippen molar-refractivity contribution in [2.45, 2.75) is 19.4 Å². The Morgan fingerprint density at radius 3 is 2.36 bits per heavy atom. The predicted octanol–water partition coefficient (Wildman–Crippen LogP) is 0.373. The Bertz CT molecular complexity index is 572. The maximum atomic E-state index is 11.8. The third kappa shape index (κ3) is 4.97. The van der Waals surface area contributed by atoms with Gasteiger partial charge in [-0.05, 0) is 24.6 Å². The standard InChI is InChI=1S/C14H18N2O6/c1-8(13(18)16-14(15)19)22-12(17)7-9-4-5-10(20-2)11(6-9)21-3/h4-6,8H,7H2,1-3H3,(H3,15,16,18,19)/t8-/m0/s1. The Hall–Kier alpha value is -2.77. The van der Waals surface area contributed by atoms with E-state index in [0.717, 1.165) is 0 Å². The summed E-state index contributed by atoms with van der Waals surface area (Å²) in [6.45, 7) is 1.34. The zero-order valence-corrected chi connectivity index (χ0v) is 12.5. The van der Waals surface area contributed by atoms with Crippen molar-refractivity contribution in [1.29, 1.82) is 0 Å². The van der Waals surface area contributed by atoms with Crippen LogP contribution in [0.4, 0.5) is 4.79 Å². The van der Waals surface area contributed by atoms with E-state index in [1.165, 1.54) is 21.1 Å². The van der Waals surface area contributed by atoms with Crippen LogP contribution < -0.4 is 20.5 Å². The van der Waals surface area contributed by atoms with Crippen LogP contribution in [-0.4, -0.2) is 38.2 Å². The largest absolute Gasteiger partial charge is 0.493 e. The molecular formula is C14H18N2O6. The predicted molar refractivity (Wildman–Crippen MR) is 76.5 cm³/mol. The molecule has 0 aromatic heterocycles. The van der Waals surface area contributed by atoms with Gasteiger partial charge in [-0.25, -0.2) is 4.79 Å². The zero-order chi connectivity index (χ0) is 16.7. The summed E-state index contributed by atoms with van der Waals surface area (Å²) < 4.78 is 15.1. The van der Waals surface area contributed by atoms with Crippen LogP contribution in [0.5, 0.6) is 11.5 Å². The molecule has 8 heteroatoms. The Kier molecular flexibility index (Phi) is 6.18. The number of nitrogens with one attached hydrogen (secondary N) is 1. The highest BCUT2D eigenvalue weighted by molar-refractivity contribution is 5.96. The summed E-state index contributed by atoms with van der Waals surface area (Å²) >= 11 is 0. The molecule has 0 fully saturated rings. The molecule has 0 unspecified atom stereocenters. The first kappa shape index (κ1) is 17.3. The van der Waals surface area contributed by atoms with Crippen LogP contribution in [0.1, 0.15) is 12.5 Å².